The van der Waals surface area contributed by atoms with Crippen LogP contribution in [0.3, 0.4) is 0 Å². The maximum atomic E-state index is 12.7. The predicted molar refractivity (Wildman–Crippen MR) is 90.4 cm³/mol. The molecule has 0 aliphatic carbocycles. The van der Waals surface area contributed by atoms with Crippen molar-refractivity contribution in [3.63, 3.8) is 0 Å². The van der Waals surface area contributed by atoms with Crippen LogP contribution in [0.2, 0.25) is 0 Å². The number of aryl methyl sites for hydroxylation is 2. The minimum absolute atomic E-state index is 0.0263. The molecule has 0 bridgehead atoms. The number of hydrogen-bond acceptors (Lipinski definition) is 5. The molecule has 8 heteroatoms. The van der Waals surface area contributed by atoms with Gasteiger partial charge in [-0.25, -0.2) is 4.79 Å². The lowest BCUT2D eigenvalue weighted by Gasteiger charge is -2.38. The third-order valence-electron chi connectivity index (χ3n) is 5.15. The maximum Gasteiger partial charge on any atom is 0.317 e. The van der Waals surface area contributed by atoms with Crippen LogP contribution in [-0.2, 0) is 4.74 Å². The molecule has 1 aromatic heterocycles. The van der Waals surface area contributed by atoms with Crippen LogP contribution in [0.25, 0.3) is 0 Å². The minimum atomic E-state index is -0.236. The fourth-order valence-electron chi connectivity index (χ4n) is 3.65. The van der Waals surface area contributed by atoms with E-state index in [1.54, 1.807) is 27.9 Å². The van der Waals surface area contributed by atoms with Crippen molar-refractivity contribution in [2.45, 2.75) is 44.8 Å². The van der Waals surface area contributed by atoms with E-state index in [1.807, 2.05) is 4.90 Å². The largest absolute Gasteiger partial charge is 0.373 e. The van der Waals surface area contributed by atoms with Gasteiger partial charge in [0.1, 0.15) is 11.3 Å². The van der Waals surface area contributed by atoms with Crippen LogP contribution in [-0.4, -0.2) is 72.3 Å². The van der Waals surface area contributed by atoms with E-state index in [0.29, 0.717) is 36.7 Å². The summed E-state index contributed by atoms with van der Waals surface area (Å²) in [5.41, 5.74) is 0.963. The highest BCUT2D eigenvalue weighted by Crippen LogP contribution is 2.36. The van der Waals surface area contributed by atoms with Crippen LogP contribution >= 0.6 is 0 Å². The number of nitrogens with zero attached hydrogens (tertiary/aromatic N) is 3. The van der Waals surface area contributed by atoms with Crippen LogP contribution in [0, 0.1) is 13.8 Å². The molecular formula is C17H26N4O4. The summed E-state index contributed by atoms with van der Waals surface area (Å²) in [7, 11) is 3.44. The van der Waals surface area contributed by atoms with Gasteiger partial charge in [0.25, 0.3) is 5.91 Å². The number of likely N-dealkylation sites (tertiary alicyclic amines) is 1. The standard InChI is InChI=1S/C17H26N4O4/c1-11-14(12(2)25-19-11)15(22)21-7-5-17(6-8-21)9-13(10-24-17)18-16(23)20(3)4/h13H,5-10H2,1-4H3,(H,18,23)/t13-/m1/s1. The second-order valence-corrected chi connectivity index (χ2v) is 7.23. The van der Waals surface area contributed by atoms with Crippen LogP contribution in [0.15, 0.2) is 4.52 Å². The summed E-state index contributed by atoms with van der Waals surface area (Å²) in [6, 6.07) is -0.0728. The number of nitrogens with one attached hydrogen (secondary N) is 1. The Morgan fingerprint density at radius 3 is 2.52 bits per heavy atom. The molecule has 3 heterocycles. The Labute approximate surface area is 147 Å². The van der Waals surface area contributed by atoms with Gasteiger partial charge in [-0.2, -0.15) is 0 Å². The van der Waals surface area contributed by atoms with Crippen molar-refractivity contribution in [2.24, 2.45) is 0 Å². The molecule has 0 aromatic carbocycles. The van der Waals surface area contributed by atoms with Gasteiger partial charge in [0.05, 0.1) is 23.9 Å². The summed E-state index contributed by atoms with van der Waals surface area (Å²) in [5, 5.41) is 6.85. The normalized spacial score (nSPS) is 22.2. The van der Waals surface area contributed by atoms with Gasteiger partial charge in [-0.1, -0.05) is 5.16 Å². The minimum Gasteiger partial charge on any atom is -0.373 e. The van der Waals surface area contributed by atoms with Gasteiger partial charge in [-0.15, -0.1) is 0 Å². The van der Waals surface area contributed by atoms with Gasteiger partial charge >= 0.3 is 6.03 Å². The van der Waals surface area contributed by atoms with Crippen molar-refractivity contribution in [1.29, 1.82) is 0 Å². The van der Waals surface area contributed by atoms with Crippen molar-refractivity contribution >= 4 is 11.9 Å². The van der Waals surface area contributed by atoms with Gasteiger partial charge in [-0.05, 0) is 33.1 Å². The molecule has 8 nitrogen and oxygen atoms in total. The van der Waals surface area contributed by atoms with Gasteiger partial charge in [-0.3, -0.25) is 4.79 Å². The number of amides is 3. The predicted octanol–water partition coefficient (Wildman–Crippen LogP) is 1.33. The monoisotopic (exact) mass is 350 g/mol. The molecule has 3 amide bonds. The smallest absolute Gasteiger partial charge is 0.317 e. The van der Waals surface area contributed by atoms with Gasteiger partial charge in [0.2, 0.25) is 0 Å². The first kappa shape index (κ1) is 17.7. The lowest BCUT2D eigenvalue weighted by atomic mass is 9.87. The van der Waals surface area contributed by atoms with E-state index in [4.69, 9.17) is 9.26 Å². The Morgan fingerprint density at radius 1 is 1.28 bits per heavy atom. The highest BCUT2D eigenvalue weighted by atomic mass is 16.5. The van der Waals surface area contributed by atoms with Gasteiger partial charge in [0.15, 0.2) is 0 Å². The highest BCUT2D eigenvalue weighted by molar-refractivity contribution is 5.96. The summed E-state index contributed by atoms with van der Waals surface area (Å²) < 4.78 is 11.1. The Hall–Kier alpha value is -2.09. The van der Waals surface area contributed by atoms with E-state index >= 15 is 0 Å². The van der Waals surface area contributed by atoms with Crippen molar-refractivity contribution in [1.82, 2.24) is 20.3 Å². The molecule has 25 heavy (non-hydrogen) atoms. The van der Waals surface area contributed by atoms with Crippen molar-refractivity contribution in [2.75, 3.05) is 33.8 Å². The second kappa shape index (κ2) is 6.67. The van der Waals surface area contributed by atoms with Crippen molar-refractivity contribution < 1.29 is 18.8 Å². The lowest BCUT2D eigenvalue weighted by Crippen LogP contribution is -2.47. The van der Waals surface area contributed by atoms with Crippen LogP contribution < -0.4 is 5.32 Å². The van der Waals surface area contributed by atoms with E-state index in [0.717, 1.165) is 19.3 Å². The molecule has 1 N–H and O–H groups in total. The molecule has 1 aromatic rings. The Bertz CT molecular complexity index is 642. The third kappa shape index (κ3) is 3.49. The number of rotatable bonds is 2. The van der Waals surface area contributed by atoms with E-state index in [9.17, 15) is 9.59 Å². The van der Waals surface area contributed by atoms with Crippen LogP contribution in [0.1, 0.15) is 41.1 Å². The number of hydrogen-bond donors (Lipinski definition) is 1. The van der Waals surface area contributed by atoms with Crippen LogP contribution in [0.5, 0.6) is 0 Å². The Balaban J connectivity index is 1.57. The molecule has 0 radical (unpaired) electrons. The molecular weight excluding hydrogens is 324 g/mol. The number of carbonyl (C=O) groups excluding carboxylic acids is 2. The molecule has 0 unspecified atom stereocenters. The molecule has 138 valence electrons. The van der Waals surface area contributed by atoms with E-state index < -0.39 is 0 Å². The zero-order valence-corrected chi connectivity index (χ0v) is 15.3. The van der Waals surface area contributed by atoms with Crippen LogP contribution in [0.4, 0.5) is 4.79 Å². The van der Waals surface area contributed by atoms with Gasteiger partial charge < -0.3 is 24.4 Å². The molecule has 1 spiro atoms. The fraction of sp³-hybridized carbons (Fsp3) is 0.706. The zero-order chi connectivity index (χ0) is 18.2. The lowest BCUT2D eigenvalue weighted by molar-refractivity contribution is -0.0389. The van der Waals surface area contributed by atoms with Crippen molar-refractivity contribution in [3.8, 4) is 0 Å². The zero-order valence-electron chi connectivity index (χ0n) is 15.3. The highest BCUT2D eigenvalue weighted by Gasteiger charge is 2.44. The first-order valence-corrected chi connectivity index (χ1v) is 8.65. The number of piperidine rings is 1. The second-order valence-electron chi connectivity index (χ2n) is 7.23. The van der Waals surface area contributed by atoms with Crippen molar-refractivity contribution in [3.05, 3.63) is 17.0 Å². The molecule has 1 atom stereocenters. The number of aromatic nitrogens is 1. The summed E-state index contributed by atoms with van der Waals surface area (Å²) in [4.78, 5) is 27.9. The molecule has 2 aliphatic rings. The molecule has 0 saturated carbocycles. The van der Waals surface area contributed by atoms with E-state index in [1.165, 1.54) is 4.90 Å². The summed E-state index contributed by atoms with van der Waals surface area (Å²) in [5.74, 6) is 0.535. The number of urea groups is 1. The Morgan fingerprint density at radius 2 is 1.96 bits per heavy atom. The molecule has 2 aliphatic heterocycles. The number of ether oxygens (including phenoxy) is 1. The SMILES string of the molecule is Cc1noc(C)c1C(=O)N1CCC2(CC1)C[C@@H](NC(=O)N(C)C)CO2. The summed E-state index contributed by atoms with van der Waals surface area (Å²) in [6.45, 7) is 5.34. The first-order chi connectivity index (χ1) is 11.8. The quantitative estimate of drug-likeness (QED) is 0.869. The fourth-order valence-corrected chi connectivity index (χ4v) is 3.65. The molecule has 2 fully saturated rings. The van der Waals surface area contributed by atoms with E-state index in [2.05, 4.69) is 10.5 Å². The number of carbonyl (C=O) groups is 2. The van der Waals surface area contributed by atoms with Gasteiger partial charge in [0, 0.05) is 27.2 Å². The molecule has 2 saturated heterocycles. The van der Waals surface area contributed by atoms with E-state index in [-0.39, 0.29) is 23.6 Å². The molecule has 3 rings (SSSR count). The first-order valence-electron chi connectivity index (χ1n) is 8.65. The summed E-state index contributed by atoms with van der Waals surface area (Å²) >= 11 is 0. The topological polar surface area (TPSA) is 87.9 Å². The average Bonchev–Trinajstić information content (AvgIpc) is 3.11. The summed E-state index contributed by atoms with van der Waals surface area (Å²) in [6.07, 6.45) is 2.34. The Kier molecular flexibility index (Phi) is 4.73. The average molecular weight is 350 g/mol. The maximum absolute atomic E-state index is 12.7. The third-order valence-corrected chi connectivity index (χ3v) is 5.15.